The van der Waals surface area contributed by atoms with Crippen molar-refractivity contribution in [3.63, 3.8) is 0 Å². The highest BCUT2D eigenvalue weighted by atomic mass is 32.1. The molecule has 0 aliphatic carbocycles. The number of nitrogens with zero attached hydrogens (tertiary/aromatic N) is 4. The minimum absolute atomic E-state index is 0.256. The highest BCUT2D eigenvalue weighted by molar-refractivity contribution is 7.13. The molecule has 1 saturated heterocycles. The first-order valence-corrected chi connectivity index (χ1v) is 10.9. The number of piperazine rings is 1. The van der Waals surface area contributed by atoms with Gasteiger partial charge < -0.3 is 14.8 Å². The lowest BCUT2D eigenvalue weighted by Crippen LogP contribution is -2.43. The molecule has 1 aromatic carbocycles. The fourth-order valence-electron chi connectivity index (χ4n) is 3.94. The molecule has 0 unspecified atom stereocenters. The number of pyridine rings is 1. The van der Waals surface area contributed by atoms with Gasteiger partial charge >= 0.3 is 6.18 Å². The van der Waals surface area contributed by atoms with E-state index in [2.05, 4.69) is 15.2 Å². The van der Waals surface area contributed by atoms with Gasteiger partial charge in [0.05, 0.1) is 22.7 Å². The molecule has 0 bridgehead atoms. The van der Waals surface area contributed by atoms with Gasteiger partial charge in [-0.25, -0.2) is 9.97 Å². The van der Waals surface area contributed by atoms with Gasteiger partial charge in [-0.2, -0.15) is 13.2 Å². The fraction of sp³-hybridized carbons (Fsp3) is 0.273. The van der Waals surface area contributed by atoms with E-state index >= 15 is 0 Å². The van der Waals surface area contributed by atoms with Gasteiger partial charge in [0.2, 0.25) is 0 Å². The van der Waals surface area contributed by atoms with Crippen LogP contribution in [0.25, 0.3) is 21.9 Å². The molecular formula is C22H20F3N5S. The summed E-state index contributed by atoms with van der Waals surface area (Å²) in [5, 5.41) is 5.31. The highest BCUT2D eigenvalue weighted by Gasteiger charge is 2.30. The van der Waals surface area contributed by atoms with Crippen LogP contribution in [0.4, 0.5) is 18.9 Å². The lowest BCUT2D eigenvalue weighted by atomic mass is 10.1. The van der Waals surface area contributed by atoms with Gasteiger partial charge in [-0.05, 0) is 35.2 Å². The third kappa shape index (κ3) is 3.90. The maximum Gasteiger partial charge on any atom is 0.416 e. The Morgan fingerprint density at radius 3 is 2.65 bits per heavy atom. The molecule has 0 atom stereocenters. The first-order valence-electron chi connectivity index (χ1n) is 10.0. The van der Waals surface area contributed by atoms with Crippen LogP contribution >= 0.6 is 11.3 Å². The van der Waals surface area contributed by atoms with Crippen molar-refractivity contribution in [2.45, 2.75) is 12.7 Å². The highest BCUT2D eigenvalue weighted by Crippen LogP contribution is 2.34. The molecule has 31 heavy (non-hydrogen) atoms. The van der Waals surface area contributed by atoms with Gasteiger partial charge in [-0.3, -0.25) is 0 Å². The largest absolute Gasteiger partial charge is 0.416 e. The van der Waals surface area contributed by atoms with E-state index in [1.807, 2.05) is 28.1 Å². The summed E-state index contributed by atoms with van der Waals surface area (Å²) in [4.78, 5) is 12.7. The van der Waals surface area contributed by atoms with E-state index in [-0.39, 0.29) is 6.54 Å². The molecule has 1 aliphatic heterocycles. The van der Waals surface area contributed by atoms with E-state index in [1.165, 1.54) is 12.1 Å². The molecule has 1 N–H and O–H groups in total. The Labute approximate surface area is 181 Å². The molecular weight excluding hydrogens is 423 g/mol. The predicted octanol–water partition coefficient (Wildman–Crippen LogP) is 4.64. The van der Waals surface area contributed by atoms with Crippen LogP contribution in [0.1, 0.15) is 11.1 Å². The van der Waals surface area contributed by atoms with Gasteiger partial charge in [0, 0.05) is 32.4 Å². The smallest absolute Gasteiger partial charge is 0.367 e. The van der Waals surface area contributed by atoms with Crippen molar-refractivity contribution < 1.29 is 13.2 Å². The fourth-order valence-corrected chi connectivity index (χ4v) is 4.66. The van der Waals surface area contributed by atoms with Crippen LogP contribution in [0.15, 0.2) is 54.0 Å². The second-order valence-corrected chi connectivity index (χ2v) is 8.38. The van der Waals surface area contributed by atoms with E-state index in [1.54, 1.807) is 23.6 Å². The monoisotopic (exact) mass is 443 g/mol. The van der Waals surface area contributed by atoms with Crippen LogP contribution in [-0.4, -0.2) is 40.7 Å². The molecule has 3 aromatic heterocycles. The van der Waals surface area contributed by atoms with Crippen molar-refractivity contribution in [1.29, 1.82) is 0 Å². The second-order valence-electron chi connectivity index (χ2n) is 7.44. The van der Waals surface area contributed by atoms with Crippen molar-refractivity contribution in [2.75, 3.05) is 31.1 Å². The number of fused-ring (bicyclic) bond motifs is 1. The summed E-state index contributed by atoms with van der Waals surface area (Å²) in [5.41, 5.74) is 2.37. The van der Waals surface area contributed by atoms with Crippen molar-refractivity contribution in [3.8, 4) is 10.7 Å². The van der Waals surface area contributed by atoms with E-state index in [4.69, 9.17) is 4.98 Å². The topological polar surface area (TPSA) is 46.0 Å². The zero-order chi connectivity index (χ0) is 21.4. The molecule has 5 nitrogen and oxygen atoms in total. The third-order valence-electron chi connectivity index (χ3n) is 5.41. The van der Waals surface area contributed by atoms with Crippen LogP contribution < -0.4 is 10.2 Å². The van der Waals surface area contributed by atoms with Gasteiger partial charge in [0.1, 0.15) is 5.52 Å². The SMILES string of the molecule is FC(F)(F)c1cccc(Cn2c(-c3cccs3)nc3c(N4CCNCC4)ccnc32)c1. The minimum atomic E-state index is -4.38. The molecule has 0 radical (unpaired) electrons. The lowest BCUT2D eigenvalue weighted by Gasteiger charge is -2.29. The van der Waals surface area contributed by atoms with Crippen LogP contribution in [0.2, 0.25) is 0 Å². The number of hydrogen-bond acceptors (Lipinski definition) is 5. The van der Waals surface area contributed by atoms with Crippen LogP contribution in [0.5, 0.6) is 0 Å². The second kappa shape index (κ2) is 7.97. The Morgan fingerprint density at radius 1 is 1.06 bits per heavy atom. The summed E-state index contributed by atoms with van der Waals surface area (Å²) in [6.45, 7) is 3.78. The molecule has 0 amide bonds. The minimum Gasteiger partial charge on any atom is -0.367 e. The number of thiophene rings is 1. The van der Waals surface area contributed by atoms with E-state index in [9.17, 15) is 13.2 Å². The van der Waals surface area contributed by atoms with Crippen LogP contribution in [0, 0.1) is 0 Å². The molecule has 1 aliphatic rings. The maximum atomic E-state index is 13.2. The molecule has 1 fully saturated rings. The molecule has 0 spiro atoms. The number of imidazole rings is 1. The van der Waals surface area contributed by atoms with Crippen molar-refractivity contribution >= 4 is 28.2 Å². The average Bonchev–Trinajstić information content (AvgIpc) is 3.42. The predicted molar refractivity (Wildman–Crippen MR) is 116 cm³/mol. The Kier molecular flexibility index (Phi) is 5.15. The summed E-state index contributed by atoms with van der Waals surface area (Å²) in [6, 6.07) is 11.3. The molecule has 4 heterocycles. The van der Waals surface area contributed by atoms with Crippen LogP contribution in [-0.2, 0) is 12.7 Å². The number of benzene rings is 1. The Hall–Kier alpha value is -2.91. The molecule has 0 saturated carbocycles. The summed E-state index contributed by atoms with van der Waals surface area (Å²) in [5.74, 6) is 0.720. The quantitative estimate of drug-likeness (QED) is 0.499. The zero-order valence-corrected chi connectivity index (χ0v) is 17.4. The van der Waals surface area contributed by atoms with Crippen molar-refractivity contribution in [1.82, 2.24) is 19.9 Å². The number of aromatic nitrogens is 3. The van der Waals surface area contributed by atoms with Gasteiger partial charge in [0.15, 0.2) is 11.5 Å². The maximum absolute atomic E-state index is 13.2. The first-order chi connectivity index (χ1) is 15.0. The summed E-state index contributed by atoms with van der Waals surface area (Å²) >= 11 is 1.55. The Bertz CT molecular complexity index is 1190. The molecule has 5 rings (SSSR count). The van der Waals surface area contributed by atoms with Gasteiger partial charge in [-0.1, -0.05) is 18.2 Å². The number of rotatable bonds is 4. The number of halogens is 3. The van der Waals surface area contributed by atoms with Crippen LogP contribution in [0.3, 0.4) is 0 Å². The number of anilines is 1. The standard InChI is InChI=1S/C22H20F3N5S/c23-22(24,25)16-4-1-3-15(13-16)14-30-20(18-5-2-12-31-18)28-19-17(6-7-27-21(19)30)29-10-8-26-9-11-29/h1-7,12-13,26H,8-11,14H2. The number of nitrogens with one attached hydrogen (secondary N) is 1. The van der Waals surface area contributed by atoms with Crippen molar-refractivity contribution in [2.24, 2.45) is 0 Å². The summed E-state index contributed by atoms with van der Waals surface area (Å²) in [7, 11) is 0. The average molecular weight is 443 g/mol. The van der Waals surface area contributed by atoms with E-state index < -0.39 is 11.7 Å². The lowest BCUT2D eigenvalue weighted by molar-refractivity contribution is -0.137. The van der Waals surface area contributed by atoms with Gasteiger partial charge in [0.25, 0.3) is 0 Å². The number of hydrogen-bond donors (Lipinski definition) is 1. The van der Waals surface area contributed by atoms with E-state index in [0.29, 0.717) is 11.2 Å². The Morgan fingerprint density at radius 2 is 1.90 bits per heavy atom. The zero-order valence-electron chi connectivity index (χ0n) is 16.6. The molecule has 160 valence electrons. The normalized spacial score (nSPS) is 15.0. The molecule has 9 heteroatoms. The first kappa shape index (κ1) is 20.0. The van der Waals surface area contributed by atoms with Gasteiger partial charge in [-0.15, -0.1) is 11.3 Å². The third-order valence-corrected chi connectivity index (χ3v) is 6.27. The van der Waals surface area contributed by atoms with E-state index in [0.717, 1.165) is 54.2 Å². The number of alkyl halides is 3. The Balaban J connectivity index is 1.63. The molecule has 4 aromatic rings. The summed E-state index contributed by atoms with van der Waals surface area (Å²) in [6.07, 6.45) is -2.63. The summed E-state index contributed by atoms with van der Waals surface area (Å²) < 4.78 is 41.6. The van der Waals surface area contributed by atoms with Crippen molar-refractivity contribution in [3.05, 3.63) is 65.2 Å².